The predicted octanol–water partition coefficient (Wildman–Crippen LogP) is 2.16. The van der Waals surface area contributed by atoms with Gasteiger partial charge in [-0.2, -0.15) is 0 Å². The summed E-state index contributed by atoms with van der Waals surface area (Å²) in [6, 6.07) is 0. The van der Waals surface area contributed by atoms with Crippen molar-refractivity contribution in [3.05, 3.63) is 6.67 Å². The summed E-state index contributed by atoms with van der Waals surface area (Å²) in [5, 5.41) is 0. The van der Waals surface area contributed by atoms with Gasteiger partial charge < -0.3 is 0 Å². The Balaban J connectivity index is 3.15. The fourth-order valence-electron chi connectivity index (χ4n) is 0.135. The monoisotopic (exact) mass is 111 g/mol. The Kier molecular flexibility index (Phi) is 2.12. The van der Waals surface area contributed by atoms with Crippen LogP contribution < -0.4 is 0 Å². The number of rotatable bonds is 2. The van der Waals surface area contributed by atoms with Crippen LogP contribution in [0.4, 0.5) is 13.2 Å². The lowest BCUT2D eigenvalue weighted by Crippen LogP contribution is -2.07. The minimum Gasteiger partial charge on any atom is -0.244 e. The minimum absolute atomic E-state index is 0.0417. The molecule has 0 amide bonds. The molecule has 0 N–H and O–H groups in total. The van der Waals surface area contributed by atoms with Crippen molar-refractivity contribution in [2.75, 3.05) is 0 Å². The van der Waals surface area contributed by atoms with Crippen molar-refractivity contribution < 1.29 is 13.2 Å². The molecule has 0 aromatic heterocycles. The van der Waals surface area contributed by atoms with Gasteiger partial charge in [-0.05, 0) is 6.92 Å². The summed E-state index contributed by atoms with van der Waals surface area (Å²) in [5.41, 5.74) is 0. The van der Waals surface area contributed by atoms with E-state index in [-0.39, 0.29) is 6.67 Å². The van der Waals surface area contributed by atoms with Gasteiger partial charge in [0.05, 0.1) is 0 Å². The molecule has 0 aromatic carbocycles. The van der Waals surface area contributed by atoms with Crippen LogP contribution in [0.15, 0.2) is 0 Å². The fourth-order valence-corrected chi connectivity index (χ4v) is 0.135. The highest BCUT2D eigenvalue weighted by atomic mass is 19.3. The Labute approximate surface area is 40.3 Å². The summed E-state index contributed by atoms with van der Waals surface area (Å²) in [5.74, 6) is -2.88. The molecule has 3 heteroatoms. The zero-order valence-electron chi connectivity index (χ0n) is 3.92. The molecule has 0 nitrogen and oxygen atoms in total. The molecule has 0 aliphatic carbocycles. The van der Waals surface area contributed by atoms with E-state index in [1.807, 2.05) is 0 Å². The van der Waals surface area contributed by atoms with Crippen molar-refractivity contribution in [1.29, 1.82) is 0 Å². The number of alkyl halides is 2. The topological polar surface area (TPSA) is 0 Å². The van der Waals surface area contributed by atoms with E-state index in [1.54, 1.807) is 0 Å². The van der Waals surface area contributed by atoms with E-state index in [4.69, 9.17) is 0 Å². The number of hydrogen-bond acceptors (Lipinski definition) is 0. The van der Waals surface area contributed by atoms with Gasteiger partial charge in [0, 0.05) is 6.42 Å². The molecular weight excluding hydrogens is 105 g/mol. The maximum absolute atomic E-state index is 11.5. The van der Waals surface area contributed by atoms with Crippen LogP contribution in [0.1, 0.15) is 13.3 Å². The van der Waals surface area contributed by atoms with Crippen LogP contribution in [0.25, 0.3) is 0 Å². The Bertz CT molecular complexity index is 45.4. The van der Waals surface area contributed by atoms with Gasteiger partial charge in [0.2, 0.25) is 5.92 Å². The molecule has 43 valence electrons. The van der Waals surface area contributed by atoms with Gasteiger partial charge in [-0.15, -0.1) is 0 Å². The first-order valence-corrected chi connectivity index (χ1v) is 1.86. The highest BCUT2D eigenvalue weighted by Crippen LogP contribution is 2.17. The zero-order chi connectivity index (χ0) is 5.91. The van der Waals surface area contributed by atoms with E-state index < -0.39 is 12.3 Å². The van der Waals surface area contributed by atoms with Crippen molar-refractivity contribution in [2.24, 2.45) is 0 Å². The molecule has 7 heavy (non-hydrogen) atoms. The molecule has 0 saturated heterocycles. The van der Waals surface area contributed by atoms with Crippen molar-refractivity contribution in [3.63, 3.8) is 0 Å². The lowest BCUT2D eigenvalue weighted by molar-refractivity contribution is 0.0160. The second kappa shape index (κ2) is 2.19. The first-order chi connectivity index (χ1) is 3.06. The normalized spacial score (nSPS) is 12.0. The second-order valence-corrected chi connectivity index (χ2v) is 1.43. The highest BCUT2D eigenvalue weighted by molar-refractivity contribution is 4.62. The highest BCUT2D eigenvalue weighted by Gasteiger charge is 2.19. The number of hydrogen-bond donors (Lipinski definition) is 0. The Morgan fingerprint density at radius 2 is 2.00 bits per heavy atom. The summed E-state index contributed by atoms with van der Waals surface area (Å²) in [6.45, 7) is 0.628. The van der Waals surface area contributed by atoms with Crippen LogP contribution in [-0.2, 0) is 0 Å². The summed E-state index contributed by atoms with van der Waals surface area (Å²) in [6.07, 6.45) is -0.785. The van der Waals surface area contributed by atoms with E-state index in [0.717, 1.165) is 0 Å². The van der Waals surface area contributed by atoms with Crippen LogP contribution in [0.5, 0.6) is 0 Å². The zero-order valence-corrected chi connectivity index (χ0v) is 3.92. The molecule has 1 radical (unpaired) electrons. The molecule has 0 spiro atoms. The van der Waals surface area contributed by atoms with Crippen LogP contribution in [0.2, 0.25) is 0 Å². The molecule has 0 unspecified atom stereocenters. The first-order valence-electron chi connectivity index (χ1n) is 1.86. The third kappa shape index (κ3) is 5.79. The van der Waals surface area contributed by atoms with Crippen LogP contribution >= 0.6 is 0 Å². The first kappa shape index (κ1) is 6.79. The Morgan fingerprint density at radius 1 is 1.57 bits per heavy atom. The molecular formula is C4H6F3. The Hall–Kier alpha value is -0.210. The number of halogens is 3. The van der Waals surface area contributed by atoms with Gasteiger partial charge in [0.15, 0.2) is 0 Å². The average Bonchev–Trinajstić information content (AvgIpc) is 1.30. The van der Waals surface area contributed by atoms with Crippen molar-refractivity contribution in [1.82, 2.24) is 0 Å². The molecule has 0 heterocycles. The molecule has 0 aliphatic rings. The smallest absolute Gasteiger partial charge is 0.244 e. The lowest BCUT2D eigenvalue weighted by atomic mass is 10.3. The lowest BCUT2D eigenvalue weighted by Gasteiger charge is -2.03. The van der Waals surface area contributed by atoms with Crippen LogP contribution in [0, 0.1) is 6.67 Å². The largest absolute Gasteiger partial charge is 0.248 e. The molecule has 0 saturated carbocycles. The summed E-state index contributed by atoms with van der Waals surface area (Å²) >= 11 is 0. The summed E-state index contributed by atoms with van der Waals surface area (Å²) in [7, 11) is 0. The molecule has 0 bridgehead atoms. The summed E-state index contributed by atoms with van der Waals surface area (Å²) < 4.78 is 33.8. The van der Waals surface area contributed by atoms with Gasteiger partial charge in [-0.3, -0.25) is 0 Å². The van der Waals surface area contributed by atoms with Gasteiger partial charge in [0.1, 0.15) is 6.67 Å². The van der Waals surface area contributed by atoms with Gasteiger partial charge in [0.25, 0.3) is 0 Å². The average molecular weight is 111 g/mol. The quantitative estimate of drug-likeness (QED) is 0.512. The standard InChI is InChI=1S/C4H6F3/c1-4(6,7)2-3-5/h3H,2H2,1H3. The molecule has 0 fully saturated rings. The van der Waals surface area contributed by atoms with Gasteiger partial charge in [-0.1, -0.05) is 0 Å². The van der Waals surface area contributed by atoms with Crippen molar-refractivity contribution in [2.45, 2.75) is 19.3 Å². The fraction of sp³-hybridized carbons (Fsp3) is 0.750. The third-order valence-corrected chi connectivity index (χ3v) is 0.436. The molecule has 0 atom stereocenters. The molecule has 0 aromatic rings. The second-order valence-electron chi connectivity index (χ2n) is 1.43. The maximum Gasteiger partial charge on any atom is 0.248 e. The SMILES string of the molecule is CC(F)(F)C[CH]F. The van der Waals surface area contributed by atoms with Gasteiger partial charge >= 0.3 is 0 Å². The minimum atomic E-state index is -2.88. The summed E-state index contributed by atoms with van der Waals surface area (Å²) in [4.78, 5) is 0. The van der Waals surface area contributed by atoms with Gasteiger partial charge in [-0.25, -0.2) is 13.2 Å². The molecule has 0 aliphatic heterocycles. The van der Waals surface area contributed by atoms with Crippen LogP contribution in [0.3, 0.4) is 0 Å². The third-order valence-electron chi connectivity index (χ3n) is 0.436. The van der Waals surface area contributed by atoms with E-state index >= 15 is 0 Å². The molecule has 0 rings (SSSR count). The van der Waals surface area contributed by atoms with Crippen LogP contribution in [-0.4, -0.2) is 5.92 Å². The predicted molar refractivity (Wildman–Crippen MR) is 20.6 cm³/mol. The van der Waals surface area contributed by atoms with E-state index in [0.29, 0.717) is 6.92 Å². The van der Waals surface area contributed by atoms with E-state index in [9.17, 15) is 13.2 Å². The van der Waals surface area contributed by atoms with Crippen molar-refractivity contribution in [3.8, 4) is 0 Å². The van der Waals surface area contributed by atoms with E-state index in [1.165, 1.54) is 0 Å². The van der Waals surface area contributed by atoms with Crippen molar-refractivity contribution >= 4 is 0 Å². The maximum atomic E-state index is 11.5. The Morgan fingerprint density at radius 3 is 2.00 bits per heavy atom. The van der Waals surface area contributed by atoms with E-state index in [2.05, 4.69) is 0 Å².